The van der Waals surface area contributed by atoms with E-state index in [1.807, 2.05) is 54.6 Å². The van der Waals surface area contributed by atoms with Crippen molar-refractivity contribution in [2.75, 3.05) is 18.3 Å². The van der Waals surface area contributed by atoms with E-state index in [1.54, 1.807) is 29.4 Å². The number of fused-ring (bicyclic) bond motifs is 1. The zero-order valence-electron chi connectivity index (χ0n) is 16.9. The molecule has 0 saturated heterocycles. The van der Waals surface area contributed by atoms with Crippen LogP contribution in [0.3, 0.4) is 0 Å². The number of nitrogens with zero attached hydrogens (tertiary/aromatic N) is 2. The third kappa shape index (κ3) is 4.93. The molecule has 0 aliphatic carbocycles. The zero-order valence-corrected chi connectivity index (χ0v) is 16.9. The third-order valence-electron chi connectivity index (χ3n) is 4.69. The van der Waals surface area contributed by atoms with Crippen LogP contribution in [-0.2, 0) is 11.3 Å². The monoisotopic (exact) mass is 414 g/mol. The summed E-state index contributed by atoms with van der Waals surface area (Å²) in [6.45, 7) is 4.58. The van der Waals surface area contributed by atoms with Gasteiger partial charge in [-0.15, -0.1) is 0 Å². The number of hydrogen-bond acceptors (Lipinski definition) is 5. The molecule has 1 amide bonds. The fraction of sp³-hybridized carbons (Fsp3) is 0.120. The highest BCUT2D eigenvalue weighted by Crippen LogP contribution is 2.36. The van der Waals surface area contributed by atoms with Crippen LogP contribution in [0.1, 0.15) is 11.1 Å². The Morgan fingerprint density at radius 1 is 1.13 bits per heavy atom. The lowest BCUT2D eigenvalue weighted by Crippen LogP contribution is -2.29. The van der Waals surface area contributed by atoms with Crippen molar-refractivity contribution in [3.05, 3.63) is 96.8 Å². The fourth-order valence-corrected chi connectivity index (χ4v) is 3.18. The Kier molecular flexibility index (Phi) is 6.28. The van der Waals surface area contributed by atoms with E-state index in [-0.39, 0.29) is 12.7 Å². The van der Waals surface area contributed by atoms with Gasteiger partial charge in [-0.3, -0.25) is 9.78 Å². The van der Waals surface area contributed by atoms with E-state index in [2.05, 4.69) is 11.6 Å². The van der Waals surface area contributed by atoms with Crippen LogP contribution in [0.25, 0.3) is 6.08 Å². The molecule has 3 aromatic rings. The molecule has 0 fully saturated rings. The second-order valence-corrected chi connectivity index (χ2v) is 6.79. The van der Waals surface area contributed by atoms with Crippen LogP contribution in [0.15, 0.2) is 85.7 Å². The lowest BCUT2D eigenvalue weighted by atomic mass is 10.1. The van der Waals surface area contributed by atoms with E-state index < -0.39 is 0 Å². The van der Waals surface area contributed by atoms with E-state index in [1.165, 1.54) is 6.08 Å². The largest absolute Gasteiger partial charge is 0.489 e. The summed E-state index contributed by atoms with van der Waals surface area (Å²) in [7, 11) is 0. The zero-order chi connectivity index (χ0) is 21.5. The first-order valence-corrected chi connectivity index (χ1v) is 9.85. The minimum absolute atomic E-state index is 0.172. The van der Waals surface area contributed by atoms with Crippen LogP contribution in [-0.4, -0.2) is 24.3 Å². The van der Waals surface area contributed by atoms with Crippen molar-refractivity contribution < 1.29 is 19.0 Å². The van der Waals surface area contributed by atoms with E-state index in [9.17, 15) is 4.79 Å². The summed E-state index contributed by atoms with van der Waals surface area (Å²) in [6, 6.07) is 16.8. The van der Waals surface area contributed by atoms with Crippen LogP contribution in [0.5, 0.6) is 17.2 Å². The summed E-state index contributed by atoms with van der Waals surface area (Å²) in [5, 5.41) is 0. The number of carbonyl (C=O) groups excluding carboxylic acids is 1. The molecule has 0 radical (unpaired) electrons. The Morgan fingerprint density at radius 2 is 2.00 bits per heavy atom. The number of rotatable bonds is 8. The lowest BCUT2D eigenvalue weighted by molar-refractivity contribution is -0.114. The summed E-state index contributed by atoms with van der Waals surface area (Å²) < 4.78 is 16.7. The van der Waals surface area contributed by atoms with Crippen molar-refractivity contribution in [3.63, 3.8) is 0 Å². The molecule has 0 atom stereocenters. The Hall–Kier alpha value is -4.06. The predicted octanol–water partition coefficient (Wildman–Crippen LogP) is 4.62. The average Bonchev–Trinajstić information content (AvgIpc) is 3.29. The molecule has 0 saturated carbocycles. The predicted molar refractivity (Wildman–Crippen MR) is 119 cm³/mol. The Morgan fingerprint density at radius 3 is 2.84 bits per heavy atom. The molecular weight excluding hydrogens is 392 g/mol. The second-order valence-electron chi connectivity index (χ2n) is 6.79. The van der Waals surface area contributed by atoms with E-state index in [0.29, 0.717) is 36.1 Å². The molecule has 0 N–H and O–H groups in total. The molecule has 6 heteroatoms. The van der Waals surface area contributed by atoms with Gasteiger partial charge in [-0.25, -0.2) is 0 Å². The van der Waals surface area contributed by atoms with Gasteiger partial charge in [-0.1, -0.05) is 36.9 Å². The van der Waals surface area contributed by atoms with Crippen LogP contribution >= 0.6 is 0 Å². The van der Waals surface area contributed by atoms with Crippen molar-refractivity contribution in [1.29, 1.82) is 0 Å². The number of benzene rings is 2. The lowest BCUT2D eigenvalue weighted by Gasteiger charge is -2.23. The van der Waals surface area contributed by atoms with E-state index in [0.717, 1.165) is 11.1 Å². The van der Waals surface area contributed by atoms with Gasteiger partial charge in [0.25, 0.3) is 5.91 Å². The molecule has 0 spiro atoms. The topological polar surface area (TPSA) is 60.9 Å². The number of para-hydroxylation sites is 1. The van der Waals surface area contributed by atoms with Gasteiger partial charge >= 0.3 is 0 Å². The number of amides is 1. The summed E-state index contributed by atoms with van der Waals surface area (Å²) in [4.78, 5) is 19.0. The molecule has 31 heavy (non-hydrogen) atoms. The third-order valence-corrected chi connectivity index (χ3v) is 4.69. The number of carbonyl (C=O) groups is 1. The molecule has 0 unspecified atom stereocenters. The maximum absolute atomic E-state index is 13.2. The first kappa shape index (κ1) is 20.2. The number of hydrogen-bond donors (Lipinski definition) is 0. The van der Waals surface area contributed by atoms with Gasteiger partial charge in [-0.2, -0.15) is 0 Å². The molecule has 156 valence electrons. The van der Waals surface area contributed by atoms with Crippen molar-refractivity contribution in [3.8, 4) is 17.2 Å². The SMILES string of the molecule is C=CCOc1ccccc1CN(C(=O)/C=C/c1cccnc1)c1ccc2c(c1)OCO2. The van der Waals surface area contributed by atoms with Crippen molar-refractivity contribution in [2.45, 2.75) is 6.54 Å². The van der Waals surface area contributed by atoms with Crippen LogP contribution < -0.4 is 19.1 Å². The number of aromatic nitrogens is 1. The summed E-state index contributed by atoms with van der Waals surface area (Å²) in [6.07, 6.45) is 8.36. The van der Waals surface area contributed by atoms with Gasteiger partial charge < -0.3 is 19.1 Å². The van der Waals surface area contributed by atoms with Crippen molar-refractivity contribution in [2.24, 2.45) is 0 Å². The van der Waals surface area contributed by atoms with Crippen LogP contribution in [0.4, 0.5) is 5.69 Å². The quantitative estimate of drug-likeness (QED) is 0.398. The molecule has 2 aromatic carbocycles. The Bertz CT molecular complexity index is 1100. The van der Waals surface area contributed by atoms with E-state index >= 15 is 0 Å². The molecule has 6 nitrogen and oxygen atoms in total. The Labute approximate surface area is 181 Å². The highest BCUT2D eigenvalue weighted by molar-refractivity contribution is 6.04. The molecule has 2 heterocycles. The minimum atomic E-state index is -0.179. The average molecular weight is 414 g/mol. The number of pyridine rings is 1. The molecule has 0 bridgehead atoms. The number of ether oxygens (including phenoxy) is 3. The standard InChI is InChI=1S/C25H22N2O4/c1-2-14-29-22-8-4-3-7-20(22)17-27(21-10-11-23-24(15-21)31-18-30-23)25(28)12-9-19-6-5-13-26-16-19/h2-13,15-16H,1,14,17-18H2/b12-9+. The van der Waals surface area contributed by atoms with Gasteiger partial charge in [-0.05, 0) is 35.9 Å². The van der Waals surface area contributed by atoms with Gasteiger partial charge in [0.1, 0.15) is 12.4 Å². The minimum Gasteiger partial charge on any atom is -0.489 e. The number of anilines is 1. The Balaban J connectivity index is 1.65. The van der Waals surface area contributed by atoms with Gasteiger partial charge in [0.15, 0.2) is 11.5 Å². The highest BCUT2D eigenvalue weighted by Gasteiger charge is 2.20. The van der Waals surface area contributed by atoms with E-state index in [4.69, 9.17) is 14.2 Å². The maximum Gasteiger partial charge on any atom is 0.251 e. The molecule has 4 rings (SSSR count). The first-order chi connectivity index (χ1) is 15.2. The summed E-state index contributed by atoms with van der Waals surface area (Å²) in [5.41, 5.74) is 2.42. The summed E-state index contributed by atoms with van der Waals surface area (Å²) in [5.74, 6) is 1.80. The molecule has 1 aliphatic heterocycles. The summed E-state index contributed by atoms with van der Waals surface area (Å²) >= 11 is 0. The van der Waals surface area contributed by atoms with Gasteiger partial charge in [0.05, 0.1) is 6.54 Å². The normalized spacial score (nSPS) is 12.0. The van der Waals surface area contributed by atoms with Crippen LogP contribution in [0.2, 0.25) is 0 Å². The fourth-order valence-electron chi connectivity index (χ4n) is 3.18. The smallest absolute Gasteiger partial charge is 0.251 e. The highest BCUT2D eigenvalue weighted by atomic mass is 16.7. The second kappa shape index (κ2) is 9.63. The van der Waals surface area contributed by atoms with Gasteiger partial charge in [0.2, 0.25) is 6.79 Å². The molecular formula is C25H22N2O4. The first-order valence-electron chi connectivity index (χ1n) is 9.85. The molecule has 1 aliphatic rings. The van der Waals surface area contributed by atoms with Crippen molar-refractivity contribution in [1.82, 2.24) is 4.98 Å². The van der Waals surface area contributed by atoms with Gasteiger partial charge in [0, 0.05) is 35.8 Å². The maximum atomic E-state index is 13.2. The van der Waals surface area contributed by atoms with Crippen molar-refractivity contribution >= 4 is 17.7 Å². The molecule has 1 aromatic heterocycles. The van der Waals surface area contributed by atoms with Crippen LogP contribution in [0, 0.1) is 0 Å².